The number of hydrogen-bond acceptors (Lipinski definition) is 4. The van der Waals surface area contributed by atoms with E-state index in [0.717, 1.165) is 29.7 Å². The Morgan fingerprint density at radius 3 is 2.86 bits per heavy atom. The first kappa shape index (κ1) is 13.8. The van der Waals surface area contributed by atoms with Crippen molar-refractivity contribution >= 4 is 5.91 Å². The van der Waals surface area contributed by atoms with Gasteiger partial charge in [0, 0.05) is 18.7 Å². The molecule has 0 radical (unpaired) electrons. The molecule has 1 amide bonds. The number of rotatable bonds is 2. The minimum Gasteiger partial charge on any atom is -0.339 e. The second kappa shape index (κ2) is 5.31. The zero-order chi connectivity index (χ0) is 15.0. The average molecular weight is 285 g/mol. The Hall–Kier alpha value is -2.17. The number of benzene rings is 1. The molecule has 3 rings (SSSR count). The zero-order valence-electron chi connectivity index (χ0n) is 12.6. The highest BCUT2D eigenvalue weighted by atomic mass is 16.5. The van der Waals surface area contributed by atoms with Crippen LogP contribution in [0.15, 0.2) is 22.7 Å². The van der Waals surface area contributed by atoms with Crippen molar-refractivity contribution < 1.29 is 9.32 Å². The van der Waals surface area contributed by atoms with E-state index in [0.29, 0.717) is 18.3 Å². The van der Waals surface area contributed by atoms with Crippen molar-refractivity contribution in [1.82, 2.24) is 15.0 Å². The molecule has 2 aromatic rings. The van der Waals surface area contributed by atoms with Gasteiger partial charge in [-0.05, 0) is 44.4 Å². The van der Waals surface area contributed by atoms with Crippen LogP contribution in [0.3, 0.4) is 0 Å². The standard InChI is InChI=1S/C16H19N3O2/c1-10-5-4-6-14(11(10)2)16(20)19-8-7-13(9-19)15-17-12(3)18-21-15/h4-6,13H,7-9H2,1-3H3/t13-/m1/s1. The Balaban J connectivity index is 1.77. The van der Waals surface area contributed by atoms with Gasteiger partial charge in [0.2, 0.25) is 5.89 Å². The smallest absolute Gasteiger partial charge is 0.254 e. The summed E-state index contributed by atoms with van der Waals surface area (Å²) < 4.78 is 5.23. The van der Waals surface area contributed by atoms with Crippen molar-refractivity contribution in [3.8, 4) is 0 Å². The molecule has 1 aromatic heterocycles. The van der Waals surface area contributed by atoms with Gasteiger partial charge in [-0.2, -0.15) is 4.98 Å². The van der Waals surface area contributed by atoms with Crippen molar-refractivity contribution in [3.63, 3.8) is 0 Å². The monoisotopic (exact) mass is 285 g/mol. The topological polar surface area (TPSA) is 59.2 Å². The minimum atomic E-state index is 0.0925. The number of aryl methyl sites for hydroxylation is 2. The lowest BCUT2D eigenvalue weighted by Crippen LogP contribution is -2.29. The molecule has 21 heavy (non-hydrogen) atoms. The maximum Gasteiger partial charge on any atom is 0.254 e. The lowest BCUT2D eigenvalue weighted by Gasteiger charge is -2.18. The van der Waals surface area contributed by atoms with Crippen molar-refractivity contribution in [1.29, 1.82) is 0 Å². The third kappa shape index (κ3) is 2.55. The quantitative estimate of drug-likeness (QED) is 0.851. The maximum atomic E-state index is 12.7. The summed E-state index contributed by atoms with van der Waals surface area (Å²) in [6.45, 7) is 7.21. The van der Waals surface area contributed by atoms with E-state index in [4.69, 9.17) is 4.52 Å². The number of carbonyl (C=O) groups is 1. The van der Waals surface area contributed by atoms with Gasteiger partial charge in [-0.25, -0.2) is 0 Å². The van der Waals surface area contributed by atoms with Crippen LogP contribution in [-0.4, -0.2) is 34.0 Å². The summed E-state index contributed by atoms with van der Waals surface area (Å²) in [6, 6.07) is 5.86. The molecule has 0 bridgehead atoms. The number of hydrogen-bond donors (Lipinski definition) is 0. The molecular weight excluding hydrogens is 266 g/mol. The molecule has 0 unspecified atom stereocenters. The Bertz CT molecular complexity index is 678. The van der Waals surface area contributed by atoms with Gasteiger partial charge in [-0.15, -0.1) is 0 Å². The van der Waals surface area contributed by atoms with E-state index in [2.05, 4.69) is 10.1 Å². The summed E-state index contributed by atoms with van der Waals surface area (Å²) in [5.41, 5.74) is 2.99. The highest BCUT2D eigenvalue weighted by Gasteiger charge is 2.31. The van der Waals surface area contributed by atoms with Crippen LogP contribution in [0, 0.1) is 20.8 Å². The first-order chi connectivity index (χ1) is 10.1. The Morgan fingerprint density at radius 2 is 2.14 bits per heavy atom. The van der Waals surface area contributed by atoms with Crippen LogP contribution in [0.1, 0.15) is 45.5 Å². The lowest BCUT2D eigenvalue weighted by atomic mass is 10.0. The van der Waals surface area contributed by atoms with Gasteiger partial charge >= 0.3 is 0 Å². The summed E-state index contributed by atoms with van der Waals surface area (Å²) >= 11 is 0. The second-order valence-electron chi connectivity index (χ2n) is 5.66. The van der Waals surface area contributed by atoms with E-state index < -0.39 is 0 Å². The number of amides is 1. The van der Waals surface area contributed by atoms with Gasteiger partial charge < -0.3 is 9.42 Å². The normalized spacial score (nSPS) is 18.2. The third-order valence-corrected chi connectivity index (χ3v) is 4.20. The van der Waals surface area contributed by atoms with Gasteiger partial charge in [0.15, 0.2) is 5.82 Å². The van der Waals surface area contributed by atoms with E-state index in [1.807, 2.05) is 36.9 Å². The fraction of sp³-hybridized carbons (Fsp3) is 0.438. The summed E-state index contributed by atoms with van der Waals surface area (Å²) in [5, 5.41) is 3.83. The van der Waals surface area contributed by atoms with Crippen LogP contribution in [0.2, 0.25) is 0 Å². The predicted molar refractivity (Wildman–Crippen MR) is 78.2 cm³/mol. The summed E-state index contributed by atoms with van der Waals surface area (Å²) in [5.74, 6) is 1.53. The molecule has 2 heterocycles. The van der Waals surface area contributed by atoms with E-state index in [-0.39, 0.29) is 11.8 Å². The van der Waals surface area contributed by atoms with Crippen LogP contribution in [0.25, 0.3) is 0 Å². The Labute approximate surface area is 124 Å². The molecule has 5 heteroatoms. The third-order valence-electron chi connectivity index (χ3n) is 4.20. The molecule has 1 fully saturated rings. The molecule has 1 aliphatic rings. The van der Waals surface area contributed by atoms with Gasteiger partial charge in [-0.3, -0.25) is 4.79 Å². The van der Waals surface area contributed by atoms with Crippen molar-refractivity contribution in [2.45, 2.75) is 33.1 Å². The van der Waals surface area contributed by atoms with E-state index in [1.54, 1.807) is 6.92 Å². The molecule has 110 valence electrons. The maximum absolute atomic E-state index is 12.7. The van der Waals surface area contributed by atoms with Crippen molar-refractivity contribution in [3.05, 3.63) is 46.6 Å². The number of likely N-dealkylation sites (tertiary alicyclic amines) is 1. The fourth-order valence-corrected chi connectivity index (χ4v) is 2.78. The highest BCUT2D eigenvalue weighted by Crippen LogP contribution is 2.27. The SMILES string of the molecule is Cc1noc([C@@H]2CCN(C(=O)c3cccc(C)c3C)C2)n1. The van der Waals surface area contributed by atoms with Crippen LogP contribution in [0.5, 0.6) is 0 Å². The molecule has 1 aromatic carbocycles. The highest BCUT2D eigenvalue weighted by molar-refractivity contribution is 5.96. The molecule has 1 aliphatic heterocycles. The first-order valence-corrected chi connectivity index (χ1v) is 7.22. The number of nitrogens with zero attached hydrogens (tertiary/aromatic N) is 3. The molecule has 0 saturated carbocycles. The molecule has 0 spiro atoms. The van der Waals surface area contributed by atoms with Crippen LogP contribution < -0.4 is 0 Å². The summed E-state index contributed by atoms with van der Waals surface area (Å²) in [7, 11) is 0. The minimum absolute atomic E-state index is 0.0925. The fourth-order valence-electron chi connectivity index (χ4n) is 2.78. The molecule has 0 aliphatic carbocycles. The summed E-state index contributed by atoms with van der Waals surface area (Å²) in [6.07, 6.45) is 0.873. The van der Waals surface area contributed by atoms with Gasteiger partial charge in [-0.1, -0.05) is 17.3 Å². The molecule has 1 atom stereocenters. The van der Waals surface area contributed by atoms with E-state index in [1.165, 1.54) is 0 Å². The largest absolute Gasteiger partial charge is 0.339 e. The first-order valence-electron chi connectivity index (χ1n) is 7.22. The Kier molecular flexibility index (Phi) is 3.49. The second-order valence-corrected chi connectivity index (χ2v) is 5.66. The number of aromatic nitrogens is 2. The molecule has 5 nitrogen and oxygen atoms in total. The van der Waals surface area contributed by atoms with Gasteiger partial charge in [0.05, 0.1) is 5.92 Å². The Morgan fingerprint density at radius 1 is 1.33 bits per heavy atom. The van der Waals surface area contributed by atoms with Crippen molar-refractivity contribution in [2.24, 2.45) is 0 Å². The predicted octanol–water partition coefficient (Wildman–Crippen LogP) is 2.62. The van der Waals surface area contributed by atoms with Crippen LogP contribution in [0.4, 0.5) is 0 Å². The van der Waals surface area contributed by atoms with Gasteiger partial charge in [0.1, 0.15) is 0 Å². The van der Waals surface area contributed by atoms with E-state index in [9.17, 15) is 4.79 Å². The summed E-state index contributed by atoms with van der Waals surface area (Å²) in [4.78, 5) is 18.8. The number of carbonyl (C=O) groups excluding carboxylic acids is 1. The van der Waals surface area contributed by atoms with Crippen LogP contribution in [-0.2, 0) is 0 Å². The lowest BCUT2D eigenvalue weighted by molar-refractivity contribution is 0.0789. The zero-order valence-corrected chi connectivity index (χ0v) is 12.6. The van der Waals surface area contributed by atoms with Gasteiger partial charge in [0.25, 0.3) is 5.91 Å². The van der Waals surface area contributed by atoms with Crippen LogP contribution >= 0.6 is 0 Å². The molecular formula is C16H19N3O2. The average Bonchev–Trinajstić information content (AvgIpc) is 3.09. The molecule has 0 N–H and O–H groups in total. The molecule has 1 saturated heterocycles. The van der Waals surface area contributed by atoms with E-state index >= 15 is 0 Å². The van der Waals surface area contributed by atoms with Crippen molar-refractivity contribution in [2.75, 3.05) is 13.1 Å².